The molecule has 0 bridgehead atoms. The van der Waals surface area contributed by atoms with Gasteiger partial charge in [-0.1, -0.05) is 40.2 Å². The number of rotatable bonds is 2. The normalized spacial score (nSPS) is 55.7. The molecule has 4 saturated carbocycles. The lowest BCUT2D eigenvalue weighted by atomic mass is 9.33. The van der Waals surface area contributed by atoms with Crippen LogP contribution in [0.5, 0.6) is 0 Å². The monoisotopic (exact) mass is 486 g/mol. The Bertz CT molecular complexity index is 987. The van der Waals surface area contributed by atoms with E-state index in [0.717, 1.165) is 38.5 Å². The van der Waals surface area contributed by atoms with Gasteiger partial charge in [0.15, 0.2) is 5.78 Å². The quantitative estimate of drug-likeness (QED) is 0.487. The van der Waals surface area contributed by atoms with E-state index in [-0.39, 0.29) is 51.8 Å². The van der Waals surface area contributed by atoms with Crippen LogP contribution in [0.25, 0.3) is 0 Å². The molecule has 5 rings (SSSR count). The highest BCUT2D eigenvalue weighted by Crippen LogP contribution is 2.75. The molecule has 0 aromatic carbocycles. The lowest BCUT2D eigenvalue weighted by Crippen LogP contribution is -2.67. The first-order valence-corrected chi connectivity index (χ1v) is 13.9. The average Bonchev–Trinajstić information content (AvgIpc) is 2.79. The zero-order chi connectivity index (χ0) is 25.8. The van der Waals surface area contributed by atoms with Crippen molar-refractivity contribution in [3.05, 3.63) is 11.6 Å². The van der Waals surface area contributed by atoms with Crippen LogP contribution >= 0.6 is 0 Å². The van der Waals surface area contributed by atoms with Gasteiger partial charge in [-0.3, -0.25) is 9.59 Å². The molecule has 5 aliphatic rings. The van der Waals surface area contributed by atoms with E-state index < -0.39 is 22.9 Å². The number of hydrogen-bond acceptors (Lipinski definition) is 4. The lowest BCUT2D eigenvalue weighted by Gasteiger charge is -2.70. The number of fused-ring (bicyclic) bond motifs is 7. The Morgan fingerprint density at radius 3 is 2.26 bits per heavy atom. The third-order valence-electron chi connectivity index (χ3n) is 13.2. The highest BCUT2D eigenvalue weighted by atomic mass is 16.4. The molecule has 5 nitrogen and oxygen atoms in total. The summed E-state index contributed by atoms with van der Waals surface area (Å²) in [4.78, 5) is 26.5. The molecule has 5 aliphatic carbocycles. The molecule has 0 heterocycles. The maximum Gasteiger partial charge on any atom is 0.309 e. The molecule has 0 amide bonds. The fourth-order valence-corrected chi connectivity index (χ4v) is 10.4. The standard InChI is InChI=1S/C30H46O5/c1-25-11-12-26(2,24(34)35)16-19(25)18-15-20(32)23-27(3)9-8-22(33)28(4,17-31)21(27)7-10-30(23,6)29(18,5)14-13-25/h15,19,21-23,31,33H,7-14,16-17H2,1-6H3,(H,34,35). The van der Waals surface area contributed by atoms with Crippen molar-refractivity contribution in [1.82, 2.24) is 0 Å². The van der Waals surface area contributed by atoms with Crippen LogP contribution in [0, 0.1) is 50.2 Å². The largest absolute Gasteiger partial charge is 0.481 e. The van der Waals surface area contributed by atoms with Gasteiger partial charge < -0.3 is 15.3 Å². The van der Waals surface area contributed by atoms with Gasteiger partial charge in [0.05, 0.1) is 18.1 Å². The molecule has 0 aliphatic heterocycles. The third kappa shape index (κ3) is 3.00. The molecule has 4 fully saturated rings. The van der Waals surface area contributed by atoms with Crippen LogP contribution in [0.2, 0.25) is 0 Å². The summed E-state index contributed by atoms with van der Waals surface area (Å²) in [6.07, 6.45) is 8.99. The number of carbonyl (C=O) groups excluding carboxylic acids is 1. The number of aliphatic hydroxyl groups is 2. The Kier molecular flexibility index (Phi) is 5.40. The van der Waals surface area contributed by atoms with E-state index in [9.17, 15) is 24.9 Å². The number of carboxylic acid groups (broad SMARTS) is 1. The molecule has 3 N–H and O–H groups in total. The number of ketones is 1. The molecule has 10 unspecified atom stereocenters. The molecule has 0 radical (unpaired) electrons. The van der Waals surface area contributed by atoms with Gasteiger partial charge in [-0.15, -0.1) is 0 Å². The second-order valence-electron chi connectivity index (χ2n) is 14.8. The van der Waals surface area contributed by atoms with Crippen LogP contribution in [0.3, 0.4) is 0 Å². The maximum atomic E-state index is 14.2. The highest BCUT2D eigenvalue weighted by Gasteiger charge is 2.70. The number of allylic oxidation sites excluding steroid dienone is 2. The topological polar surface area (TPSA) is 94.8 Å². The first-order valence-electron chi connectivity index (χ1n) is 13.9. The van der Waals surface area contributed by atoms with Crippen molar-refractivity contribution in [2.75, 3.05) is 6.61 Å². The second kappa shape index (κ2) is 7.43. The van der Waals surface area contributed by atoms with Gasteiger partial charge in [0.25, 0.3) is 0 Å². The third-order valence-corrected chi connectivity index (χ3v) is 13.2. The van der Waals surface area contributed by atoms with Crippen molar-refractivity contribution in [2.45, 2.75) is 105 Å². The Balaban J connectivity index is 1.62. The summed E-state index contributed by atoms with van der Waals surface area (Å²) in [7, 11) is 0. The average molecular weight is 487 g/mol. The van der Waals surface area contributed by atoms with Gasteiger partial charge >= 0.3 is 5.97 Å². The van der Waals surface area contributed by atoms with Crippen molar-refractivity contribution in [3.63, 3.8) is 0 Å². The van der Waals surface area contributed by atoms with E-state index in [2.05, 4.69) is 27.7 Å². The second-order valence-corrected chi connectivity index (χ2v) is 14.8. The van der Waals surface area contributed by atoms with Crippen LogP contribution in [0.4, 0.5) is 0 Å². The van der Waals surface area contributed by atoms with Crippen molar-refractivity contribution < 1.29 is 24.9 Å². The Morgan fingerprint density at radius 1 is 0.971 bits per heavy atom. The molecule has 5 heteroatoms. The lowest BCUT2D eigenvalue weighted by molar-refractivity contribution is -0.212. The van der Waals surface area contributed by atoms with Crippen molar-refractivity contribution >= 4 is 11.8 Å². The Hall–Kier alpha value is -1.20. The van der Waals surface area contributed by atoms with Crippen LogP contribution < -0.4 is 0 Å². The molecule has 35 heavy (non-hydrogen) atoms. The summed E-state index contributed by atoms with van der Waals surface area (Å²) >= 11 is 0. The van der Waals surface area contributed by atoms with E-state index in [4.69, 9.17) is 0 Å². The molecular weight excluding hydrogens is 440 g/mol. The SMILES string of the molecule is CC1(C(=O)O)CCC2(C)CCC3(C)C(=CC(=O)C4C5(C)CCC(O)C(C)(CO)C5CCC43C)C2C1. The van der Waals surface area contributed by atoms with Gasteiger partial charge in [0.1, 0.15) is 0 Å². The number of carbonyl (C=O) groups is 2. The maximum absolute atomic E-state index is 14.2. The molecular formula is C30H46O5. The highest BCUT2D eigenvalue weighted by molar-refractivity contribution is 5.95. The van der Waals surface area contributed by atoms with Gasteiger partial charge in [-0.05, 0) is 104 Å². The van der Waals surface area contributed by atoms with Crippen molar-refractivity contribution in [2.24, 2.45) is 50.2 Å². The summed E-state index contributed by atoms with van der Waals surface area (Å²) in [5, 5.41) is 31.3. The molecule has 0 aromatic rings. The minimum atomic E-state index is -0.740. The van der Waals surface area contributed by atoms with Gasteiger partial charge in [0.2, 0.25) is 0 Å². The first kappa shape index (κ1) is 25.4. The van der Waals surface area contributed by atoms with Gasteiger partial charge in [-0.2, -0.15) is 0 Å². The van der Waals surface area contributed by atoms with Crippen LogP contribution in [0.1, 0.15) is 99.3 Å². The summed E-state index contributed by atoms with van der Waals surface area (Å²) in [5.74, 6) is -0.423. The molecule has 0 aromatic heterocycles. The fraction of sp³-hybridized carbons (Fsp3) is 0.867. The summed E-state index contributed by atoms with van der Waals surface area (Å²) < 4.78 is 0. The van der Waals surface area contributed by atoms with E-state index in [0.29, 0.717) is 19.3 Å². The summed E-state index contributed by atoms with van der Waals surface area (Å²) in [5.41, 5.74) is -0.676. The molecule has 0 spiro atoms. The summed E-state index contributed by atoms with van der Waals surface area (Å²) in [6.45, 7) is 13.1. The van der Waals surface area contributed by atoms with E-state index in [1.165, 1.54) is 5.57 Å². The van der Waals surface area contributed by atoms with Crippen molar-refractivity contribution in [1.29, 1.82) is 0 Å². The van der Waals surface area contributed by atoms with Crippen LogP contribution in [-0.4, -0.2) is 39.8 Å². The van der Waals surface area contributed by atoms with Crippen molar-refractivity contribution in [3.8, 4) is 0 Å². The Morgan fingerprint density at radius 2 is 1.63 bits per heavy atom. The molecule has 196 valence electrons. The van der Waals surface area contributed by atoms with E-state index in [1.54, 1.807) is 0 Å². The minimum absolute atomic E-state index is 0.0509. The van der Waals surface area contributed by atoms with E-state index in [1.807, 2.05) is 19.9 Å². The van der Waals surface area contributed by atoms with Gasteiger partial charge in [-0.25, -0.2) is 0 Å². The Labute approximate surface area is 210 Å². The predicted molar refractivity (Wildman–Crippen MR) is 134 cm³/mol. The van der Waals surface area contributed by atoms with Crippen LogP contribution in [0.15, 0.2) is 11.6 Å². The number of aliphatic hydroxyl groups excluding tert-OH is 2. The molecule has 10 atom stereocenters. The first-order chi connectivity index (χ1) is 16.1. The zero-order valence-corrected chi connectivity index (χ0v) is 22.6. The van der Waals surface area contributed by atoms with Crippen LogP contribution in [-0.2, 0) is 9.59 Å². The number of carboxylic acids is 1. The predicted octanol–water partition coefficient (Wildman–Crippen LogP) is 5.39. The smallest absolute Gasteiger partial charge is 0.309 e. The minimum Gasteiger partial charge on any atom is -0.481 e. The number of aliphatic carboxylic acids is 1. The zero-order valence-electron chi connectivity index (χ0n) is 22.6. The van der Waals surface area contributed by atoms with E-state index >= 15 is 0 Å². The summed E-state index contributed by atoms with van der Waals surface area (Å²) in [6, 6.07) is 0. The fourth-order valence-electron chi connectivity index (χ4n) is 10.4. The molecule has 0 saturated heterocycles. The van der Waals surface area contributed by atoms with Gasteiger partial charge in [0, 0.05) is 11.3 Å². The number of hydrogen-bond donors (Lipinski definition) is 3.